The van der Waals surface area contributed by atoms with Gasteiger partial charge in [0.1, 0.15) is 29.2 Å². The van der Waals surface area contributed by atoms with Gasteiger partial charge in [-0.25, -0.2) is 14.4 Å². The number of nitriles is 1. The van der Waals surface area contributed by atoms with Crippen LogP contribution in [-0.4, -0.2) is 15.9 Å². The van der Waals surface area contributed by atoms with Gasteiger partial charge in [0.05, 0.1) is 16.9 Å². The Hall–Kier alpha value is -3.79. The molecule has 0 aliphatic rings. The Morgan fingerprint density at radius 2 is 1.77 bits per heavy atom. The molecule has 3 aromatic rings. The average molecular weight is 347 g/mol. The maximum absolute atomic E-state index is 13.8. The number of carbonyl (C=O) groups is 1. The highest BCUT2D eigenvalue weighted by Gasteiger charge is 2.13. The Kier molecular flexibility index (Phi) is 4.85. The lowest BCUT2D eigenvalue weighted by Gasteiger charge is -2.10. The topological polar surface area (TPSA) is 90.7 Å². The van der Waals surface area contributed by atoms with Crippen LogP contribution in [0.1, 0.15) is 21.9 Å². The van der Waals surface area contributed by atoms with Gasteiger partial charge in [0, 0.05) is 6.07 Å². The molecular weight excluding hydrogens is 333 g/mol. The molecule has 0 aliphatic carbocycles. The zero-order valence-corrected chi connectivity index (χ0v) is 13.8. The van der Waals surface area contributed by atoms with Gasteiger partial charge in [-0.15, -0.1) is 0 Å². The molecule has 0 saturated heterocycles. The van der Waals surface area contributed by atoms with Gasteiger partial charge in [-0.2, -0.15) is 5.26 Å². The minimum Gasteiger partial charge on any atom is -0.338 e. The lowest BCUT2D eigenvalue weighted by molar-refractivity contribution is 0.102. The van der Waals surface area contributed by atoms with E-state index in [9.17, 15) is 9.18 Å². The molecule has 0 radical (unpaired) electrons. The van der Waals surface area contributed by atoms with Gasteiger partial charge < -0.3 is 10.6 Å². The van der Waals surface area contributed by atoms with E-state index in [-0.39, 0.29) is 11.4 Å². The predicted molar refractivity (Wildman–Crippen MR) is 95.6 cm³/mol. The number of aryl methyl sites for hydroxylation is 1. The van der Waals surface area contributed by atoms with E-state index in [0.29, 0.717) is 22.9 Å². The number of halogens is 1. The van der Waals surface area contributed by atoms with Crippen molar-refractivity contribution >= 4 is 23.1 Å². The van der Waals surface area contributed by atoms with Gasteiger partial charge >= 0.3 is 0 Å². The number of para-hydroxylation sites is 2. The summed E-state index contributed by atoms with van der Waals surface area (Å²) in [5.74, 6) is -0.279. The number of nitrogens with zero attached hydrogens (tertiary/aromatic N) is 3. The van der Waals surface area contributed by atoms with E-state index in [0.717, 1.165) is 0 Å². The molecule has 26 heavy (non-hydrogen) atoms. The van der Waals surface area contributed by atoms with Gasteiger partial charge in [0.25, 0.3) is 5.91 Å². The Labute approximate surface area is 149 Å². The first-order valence-corrected chi connectivity index (χ1v) is 7.74. The summed E-state index contributed by atoms with van der Waals surface area (Å²) in [4.78, 5) is 20.8. The van der Waals surface area contributed by atoms with Gasteiger partial charge in [0.2, 0.25) is 0 Å². The standard InChI is InChI=1S/C19H14FN5O/c1-12-22-17(19(26)25-15-8-4-2-6-13(15)11-21)10-18(23-12)24-16-9-5-3-7-14(16)20/h2-10H,1H3,(H,25,26)(H,22,23,24). The van der Waals surface area contributed by atoms with Crippen molar-refractivity contribution in [3.63, 3.8) is 0 Å². The zero-order chi connectivity index (χ0) is 18.5. The smallest absolute Gasteiger partial charge is 0.274 e. The van der Waals surface area contributed by atoms with E-state index in [1.54, 1.807) is 49.4 Å². The highest BCUT2D eigenvalue weighted by atomic mass is 19.1. The van der Waals surface area contributed by atoms with Crippen LogP contribution in [0.2, 0.25) is 0 Å². The van der Waals surface area contributed by atoms with Crippen molar-refractivity contribution in [1.29, 1.82) is 5.26 Å². The summed E-state index contributed by atoms with van der Waals surface area (Å²) in [7, 11) is 0. The third-order valence-electron chi connectivity index (χ3n) is 3.50. The highest BCUT2D eigenvalue weighted by molar-refractivity contribution is 6.04. The van der Waals surface area contributed by atoms with Crippen LogP contribution in [0.15, 0.2) is 54.6 Å². The SMILES string of the molecule is Cc1nc(Nc2ccccc2F)cc(C(=O)Nc2ccccc2C#N)n1. The zero-order valence-electron chi connectivity index (χ0n) is 13.8. The van der Waals surface area contributed by atoms with E-state index in [1.807, 2.05) is 6.07 Å². The first kappa shape index (κ1) is 17.0. The number of nitrogens with one attached hydrogen (secondary N) is 2. The molecule has 2 N–H and O–H groups in total. The molecule has 2 aromatic carbocycles. The van der Waals surface area contributed by atoms with Crippen LogP contribution in [0, 0.1) is 24.1 Å². The van der Waals surface area contributed by atoms with Crippen LogP contribution in [0.4, 0.5) is 21.6 Å². The van der Waals surface area contributed by atoms with Crippen LogP contribution >= 0.6 is 0 Å². The van der Waals surface area contributed by atoms with Gasteiger partial charge in [0.15, 0.2) is 0 Å². The molecule has 0 aliphatic heterocycles. The molecule has 0 saturated carbocycles. The molecule has 0 atom stereocenters. The third kappa shape index (κ3) is 3.82. The highest BCUT2D eigenvalue weighted by Crippen LogP contribution is 2.20. The van der Waals surface area contributed by atoms with Crippen LogP contribution in [0.5, 0.6) is 0 Å². The summed E-state index contributed by atoms with van der Waals surface area (Å²) in [6.07, 6.45) is 0. The number of hydrogen-bond acceptors (Lipinski definition) is 5. The number of hydrogen-bond donors (Lipinski definition) is 2. The van der Waals surface area contributed by atoms with Crippen molar-refractivity contribution in [3.05, 3.63) is 77.5 Å². The number of carbonyl (C=O) groups excluding carboxylic acids is 1. The summed E-state index contributed by atoms with van der Waals surface area (Å²) in [5.41, 5.74) is 1.08. The monoisotopic (exact) mass is 347 g/mol. The van der Waals surface area contributed by atoms with Crippen molar-refractivity contribution in [3.8, 4) is 6.07 Å². The second-order valence-corrected chi connectivity index (χ2v) is 5.40. The molecule has 3 rings (SSSR count). The molecular formula is C19H14FN5O. The molecule has 0 spiro atoms. The number of benzene rings is 2. The number of aromatic nitrogens is 2. The minimum absolute atomic E-state index is 0.101. The molecule has 0 fully saturated rings. The molecule has 6 nitrogen and oxygen atoms in total. The molecule has 1 aromatic heterocycles. The first-order valence-electron chi connectivity index (χ1n) is 7.74. The Bertz CT molecular complexity index is 1010. The van der Waals surface area contributed by atoms with Crippen LogP contribution < -0.4 is 10.6 Å². The third-order valence-corrected chi connectivity index (χ3v) is 3.50. The summed E-state index contributed by atoms with van der Waals surface area (Å²) >= 11 is 0. The number of amides is 1. The molecule has 0 unspecified atom stereocenters. The average Bonchev–Trinajstić information content (AvgIpc) is 2.63. The van der Waals surface area contributed by atoms with Crippen LogP contribution in [0.3, 0.4) is 0 Å². The van der Waals surface area contributed by atoms with Crippen LogP contribution in [-0.2, 0) is 0 Å². The fourth-order valence-corrected chi connectivity index (χ4v) is 2.32. The lowest BCUT2D eigenvalue weighted by atomic mass is 10.2. The molecule has 0 bridgehead atoms. The van der Waals surface area contributed by atoms with Crippen molar-refractivity contribution in [2.75, 3.05) is 10.6 Å². The summed E-state index contributed by atoms with van der Waals surface area (Å²) in [6.45, 7) is 1.63. The Balaban J connectivity index is 1.86. The van der Waals surface area contributed by atoms with E-state index >= 15 is 0 Å². The molecule has 128 valence electrons. The van der Waals surface area contributed by atoms with Gasteiger partial charge in [-0.1, -0.05) is 24.3 Å². The lowest BCUT2D eigenvalue weighted by Crippen LogP contribution is -2.16. The minimum atomic E-state index is -0.491. The Morgan fingerprint density at radius 3 is 2.50 bits per heavy atom. The second kappa shape index (κ2) is 7.40. The summed E-state index contributed by atoms with van der Waals surface area (Å²) < 4.78 is 13.8. The Morgan fingerprint density at radius 1 is 1.08 bits per heavy atom. The van der Waals surface area contributed by atoms with E-state index < -0.39 is 11.7 Å². The molecule has 7 heteroatoms. The maximum atomic E-state index is 13.8. The number of anilines is 3. The predicted octanol–water partition coefficient (Wildman–Crippen LogP) is 3.79. The molecule has 1 amide bonds. The summed E-state index contributed by atoms with van der Waals surface area (Å²) in [5, 5.41) is 14.6. The summed E-state index contributed by atoms with van der Waals surface area (Å²) in [6, 6.07) is 16.2. The van der Waals surface area contributed by atoms with Crippen molar-refractivity contribution in [1.82, 2.24) is 9.97 Å². The normalized spacial score (nSPS) is 10.0. The fraction of sp³-hybridized carbons (Fsp3) is 0.0526. The maximum Gasteiger partial charge on any atom is 0.274 e. The largest absolute Gasteiger partial charge is 0.338 e. The second-order valence-electron chi connectivity index (χ2n) is 5.40. The number of rotatable bonds is 4. The van der Waals surface area contributed by atoms with Crippen LogP contribution in [0.25, 0.3) is 0 Å². The quantitative estimate of drug-likeness (QED) is 0.749. The van der Waals surface area contributed by atoms with E-state index in [2.05, 4.69) is 20.6 Å². The van der Waals surface area contributed by atoms with E-state index in [4.69, 9.17) is 5.26 Å². The first-order chi connectivity index (χ1) is 12.6. The van der Waals surface area contributed by atoms with Crippen molar-refractivity contribution < 1.29 is 9.18 Å². The molecule has 1 heterocycles. The van der Waals surface area contributed by atoms with Crippen molar-refractivity contribution in [2.24, 2.45) is 0 Å². The van der Waals surface area contributed by atoms with Crippen molar-refractivity contribution in [2.45, 2.75) is 6.92 Å². The fourth-order valence-electron chi connectivity index (χ4n) is 2.32. The van der Waals surface area contributed by atoms with E-state index in [1.165, 1.54) is 12.1 Å². The van der Waals surface area contributed by atoms with Gasteiger partial charge in [-0.3, -0.25) is 4.79 Å². The van der Waals surface area contributed by atoms with Gasteiger partial charge in [-0.05, 0) is 31.2 Å².